The van der Waals surface area contributed by atoms with Gasteiger partial charge in [-0.15, -0.1) is 11.8 Å². The Morgan fingerprint density at radius 1 is 1.39 bits per heavy atom. The number of aliphatic hydroxyl groups is 1. The van der Waals surface area contributed by atoms with Gasteiger partial charge >= 0.3 is 5.97 Å². The topological polar surface area (TPSA) is 139 Å². The number of thioether (sulfide) groups is 1. The quantitative estimate of drug-likeness (QED) is 0.189. The molecule has 2 aliphatic rings. The molecule has 1 aromatic carbocycles. The second kappa shape index (κ2) is 9.48. The fraction of sp³-hybridized carbons (Fsp3) is 0.450. The number of carbonyl (C=O) groups excluding carboxylic acids is 3. The Bertz CT molecular complexity index is 929. The maximum absolute atomic E-state index is 12.8. The third-order valence-corrected chi connectivity index (χ3v) is 6.27. The van der Waals surface area contributed by atoms with Crippen LogP contribution >= 0.6 is 11.8 Å². The summed E-state index contributed by atoms with van der Waals surface area (Å²) >= 11 is 1.37. The van der Waals surface area contributed by atoms with Crippen LogP contribution in [0.4, 0.5) is 5.69 Å². The second-order valence-electron chi connectivity index (χ2n) is 7.35. The van der Waals surface area contributed by atoms with Gasteiger partial charge in [-0.25, -0.2) is 4.79 Å². The minimum absolute atomic E-state index is 0.0652. The van der Waals surface area contributed by atoms with Gasteiger partial charge in [0.25, 0.3) is 5.69 Å². The van der Waals surface area contributed by atoms with E-state index in [4.69, 9.17) is 4.74 Å². The van der Waals surface area contributed by atoms with Gasteiger partial charge in [-0.05, 0) is 24.6 Å². The maximum atomic E-state index is 12.8. The Morgan fingerprint density at radius 3 is 2.65 bits per heavy atom. The molecule has 2 heterocycles. The Labute approximate surface area is 182 Å². The van der Waals surface area contributed by atoms with Crippen molar-refractivity contribution in [1.29, 1.82) is 0 Å². The number of fused-ring (bicyclic) bond motifs is 1. The summed E-state index contributed by atoms with van der Waals surface area (Å²) in [5.74, 6) is -1.19. The number of aliphatic hydroxyl groups excluding tert-OH is 1. The predicted molar refractivity (Wildman–Crippen MR) is 111 cm³/mol. The number of esters is 1. The number of β-lactam (4-membered cyclic amide) rings is 1. The van der Waals surface area contributed by atoms with Crippen LogP contribution in [0.15, 0.2) is 34.9 Å². The fourth-order valence-corrected chi connectivity index (χ4v) is 4.74. The van der Waals surface area contributed by atoms with Crippen LogP contribution in [-0.2, 0) is 25.7 Å². The van der Waals surface area contributed by atoms with E-state index in [0.717, 1.165) is 0 Å². The molecule has 166 valence electrons. The Balaban J connectivity index is 1.70. The van der Waals surface area contributed by atoms with Gasteiger partial charge in [-0.2, -0.15) is 0 Å². The number of hydrogen-bond donors (Lipinski definition) is 2. The lowest BCUT2D eigenvalue weighted by atomic mass is 9.83. The zero-order valence-electron chi connectivity index (χ0n) is 17.1. The summed E-state index contributed by atoms with van der Waals surface area (Å²) in [6.07, 6.45) is -0.386. The molecule has 0 aliphatic carbocycles. The number of nitro benzene ring substituents is 1. The summed E-state index contributed by atoms with van der Waals surface area (Å²) in [4.78, 5) is 48.7. The number of nitro groups is 1. The van der Waals surface area contributed by atoms with Gasteiger partial charge in [0.15, 0.2) is 0 Å². The number of non-ortho nitro benzene ring substituents is 1. The van der Waals surface area contributed by atoms with Crippen molar-refractivity contribution in [3.8, 4) is 0 Å². The van der Waals surface area contributed by atoms with Crippen LogP contribution in [0.1, 0.15) is 25.8 Å². The molecule has 1 aromatic rings. The molecule has 3 atom stereocenters. The van der Waals surface area contributed by atoms with Crippen molar-refractivity contribution in [2.24, 2.45) is 5.92 Å². The average Bonchev–Trinajstić information content (AvgIpc) is 3.03. The van der Waals surface area contributed by atoms with Gasteiger partial charge in [-0.1, -0.05) is 0 Å². The van der Waals surface area contributed by atoms with E-state index in [9.17, 15) is 29.6 Å². The Kier molecular flexibility index (Phi) is 6.96. The third kappa shape index (κ3) is 4.88. The van der Waals surface area contributed by atoms with E-state index in [0.29, 0.717) is 29.2 Å². The first-order chi connectivity index (χ1) is 14.7. The van der Waals surface area contributed by atoms with E-state index in [1.165, 1.54) is 47.9 Å². The largest absolute Gasteiger partial charge is 0.456 e. The Morgan fingerprint density at radius 2 is 2.06 bits per heavy atom. The number of benzene rings is 1. The van der Waals surface area contributed by atoms with Crippen molar-refractivity contribution < 1.29 is 29.2 Å². The number of amides is 2. The van der Waals surface area contributed by atoms with E-state index in [2.05, 4.69) is 5.32 Å². The van der Waals surface area contributed by atoms with Crippen LogP contribution in [0.25, 0.3) is 0 Å². The number of rotatable bonds is 9. The standard InChI is InChI=1S/C20H23N3O7S/c1-11(24)17-15-9-16(31-8-7-21-12(2)25)18(22(15)19(17)26)20(27)30-10-13-3-5-14(6-4-13)23(28)29/h3-6,11,15,17,24H,7-10H2,1-2H3,(H,21,25)/t11-,15+,17+/m0/s1. The summed E-state index contributed by atoms with van der Waals surface area (Å²) in [5, 5.41) is 23.3. The van der Waals surface area contributed by atoms with Gasteiger partial charge in [0, 0.05) is 42.7 Å². The highest BCUT2D eigenvalue weighted by Crippen LogP contribution is 2.47. The molecule has 11 heteroatoms. The van der Waals surface area contributed by atoms with Crippen molar-refractivity contribution in [2.45, 2.75) is 39.0 Å². The summed E-state index contributed by atoms with van der Waals surface area (Å²) in [7, 11) is 0. The highest BCUT2D eigenvalue weighted by molar-refractivity contribution is 8.03. The molecule has 0 bridgehead atoms. The summed E-state index contributed by atoms with van der Waals surface area (Å²) < 4.78 is 5.38. The molecule has 0 spiro atoms. The SMILES string of the molecule is CC(=O)NCCSC1=C(C(=O)OCc2ccc([N+](=O)[O-])cc2)N2C(=O)[C@H]([C@H](C)O)[C@H]2C1. The zero-order chi connectivity index (χ0) is 22.7. The molecule has 0 unspecified atom stereocenters. The van der Waals surface area contributed by atoms with E-state index >= 15 is 0 Å². The van der Waals surface area contributed by atoms with Gasteiger partial charge in [0.05, 0.1) is 23.0 Å². The first-order valence-corrected chi connectivity index (χ1v) is 10.7. The number of hydrogen-bond acceptors (Lipinski definition) is 8. The van der Waals surface area contributed by atoms with Crippen LogP contribution in [0.2, 0.25) is 0 Å². The summed E-state index contributed by atoms with van der Waals surface area (Å²) in [6, 6.07) is 5.35. The molecular formula is C20H23N3O7S. The van der Waals surface area contributed by atoms with Gasteiger partial charge in [0.1, 0.15) is 12.3 Å². The molecule has 0 aromatic heterocycles. The van der Waals surface area contributed by atoms with Crippen molar-refractivity contribution >= 4 is 35.2 Å². The van der Waals surface area contributed by atoms with E-state index in [1.54, 1.807) is 6.92 Å². The summed E-state index contributed by atoms with van der Waals surface area (Å²) in [5.41, 5.74) is 0.678. The molecule has 3 rings (SSSR count). The molecule has 0 saturated carbocycles. The van der Waals surface area contributed by atoms with Crippen molar-refractivity contribution in [2.75, 3.05) is 12.3 Å². The number of nitrogens with one attached hydrogen (secondary N) is 1. The molecule has 31 heavy (non-hydrogen) atoms. The number of ether oxygens (including phenoxy) is 1. The monoisotopic (exact) mass is 449 g/mol. The lowest BCUT2D eigenvalue weighted by Gasteiger charge is -2.44. The van der Waals surface area contributed by atoms with Gasteiger partial charge in [0.2, 0.25) is 11.8 Å². The van der Waals surface area contributed by atoms with Gasteiger partial charge in [-0.3, -0.25) is 19.7 Å². The lowest BCUT2D eigenvalue weighted by molar-refractivity contribution is -0.384. The van der Waals surface area contributed by atoms with E-state index in [-0.39, 0.29) is 35.8 Å². The molecule has 2 amide bonds. The molecular weight excluding hydrogens is 426 g/mol. The van der Waals surface area contributed by atoms with Crippen LogP contribution in [0.3, 0.4) is 0 Å². The predicted octanol–water partition coefficient (Wildman–Crippen LogP) is 1.33. The summed E-state index contributed by atoms with van der Waals surface area (Å²) in [6.45, 7) is 3.27. The van der Waals surface area contributed by atoms with Crippen molar-refractivity contribution in [3.63, 3.8) is 0 Å². The van der Waals surface area contributed by atoms with Crippen LogP contribution in [-0.4, -0.2) is 57.2 Å². The lowest BCUT2D eigenvalue weighted by Crippen LogP contribution is -2.61. The van der Waals surface area contributed by atoms with E-state index < -0.39 is 22.9 Å². The minimum Gasteiger partial charge on any atom is -0.456 e. The fourth-order valence-electron chi connectivity index (χ4n) is 3.68. The normalized spacial score (nSPS) is 20.7. The van der Waals surface area contributed by atoms with Crippen LogP contribution in [0, 0.1) is 16.0 Å². The van der Waals surface area contributed by atoms with Gasteiger partial charge < -0.3 is 20.1 Å². The molecule has 10 nitrogen and oxygen atoms in total. The zero-order valence-corrected chi connectivity index (χ0v) is 17.9. The van der Waals surface area contributed by atoms with Crippen molar-refractivity contribution in [3.05, 3.63) is 50.5 Å². The molecule has 2 N–H and O–H groups in total. The number of carbonyl (C=O) groups is 3. The molecule has 1 saturated heterocycles. The van der Waals surface area contributed by atoms with Crippen molar-refractivity contribution in [1.82, 2.24) is 10.2 Å². The van der Waals surface area contributed by atoms with E-state index in [1.807, 2.05) is 0 Å². The molecule has 2 aliphatic heterocycles. The van der Waals surface area contributed by atoms with Crippen LogP contribution in [0.5, 0.6) is 0 Å². The minimum atomic E-state index is -0.824. The average molecular weight is 449 g/mol. The third-order valence-electron chi connectivity index (χ3n) is 5.15. The maximum Gasteiger partial charge on any atom is 0.356 e. The molecule has 0 radical (unpaired) electrons. The molecule has 1 fully saturated rings. The first kappa shape index (κ1) is 22.8. The number of nitrogens with zero attached hydrogens (tertiary/aromatic N) is 2. The second-order valence-corrected chi connectivity index (χ2v) is 8.54. The first-order valence-electron chi connectivity index (χ1n) is 9.72. The highest BCUT2D eigenvalue weighted by Gasteiger charge is 2.56. The highest BCUT2D eigenvalue weighted by atomic mass is 32.2. The van der Waals surface area contributed by atoms with Crippen LogP contribution < -0.4 is 5.32 Å². The smallest absolute Gasteiger partial charge is 0.356 e. The Hall–Kier alpha value is -2.92.